The zero-order valence-electron chi connectivity index (χ0n) is 7.87. The molecule has 0 radical (unpaired) electrons. The van der Waals surface area contributed by atoms with Crippen LogP contribution in [-0.4, -0.2) is 14.6 Å². The molecule has 6 atom stereocenters. The SMILES string of the molecule is SC1C2CC3CC1C(S)C(C2)C3(S)S. The zero-order valence-corrected chi connectivity index (χ0v) is 11.5. The fraction of sp³-hybridized carbons (Fsp3) is 1.00. The first-order chi connectivity index (χ1) is 6.51. The lowest BCUT2D eigenvalue weighted by Crippen LogP contribution is -2.61. The summed E-state index contributed by atoms with van der Waals surface area (Å²) in [4.78, 5) is 0. The van der Waals surface area contributed by atoms with Crippen LogP contribution in [0, 0.1) is 23.7 Å². The van der Waals surface area contributed by atoms with Crippen LogP contribution in [0.25, 0.3) is 0 Å². The monoisotopic (exact) mass is 264 g/mol. The Balaban J connectivity index is 1.99. The summed E-state index contributed by atoms with van der Waals surface area (Å²) in [5, 5.41) is 1.06. The van der Waals surface area contributed by atoms with E-state index in [1.165, 1.54) is 19.3 Å². The van der Waals surface area contributed by atoms with Crippen molar-refractivity contribution in [3.05, 3.63) is 0 Å². The molecule has 4 fully saturated rings. The van der Waals surface area contributed by atoms with Crippen molar-refractivity contribution in [2.75, 3.05) is 0 Å². The first kappa shape index (κ1) is 10.5. The van der Waals surface area contributed by atoms with Crippen LogP contribution in [0.3, 0.4) is 0 Å². The molecule has 4 heteroatoms. The van der Waals surface area contributed by atoms with Crippen molar-refractivity contribution in [3.63, 3.8) is 0 Å². The highest BCUT2D eigenvalue weighted by Gasteiger charge is 2.60. The van der Waals surface area contributed by atoms with E-state index in [0.29, 0.717) is 28.3 Å². The average Bonchev–Trinajstić information content (AvgIpc) is 2.10. The summed E-state index contributed by atoms with van der Waals surface area (Å²) in [6, 6.07) is 0. The van der Waals surface area contributed by atoms with Gasteiger partial charge >= 0.3 is 0 Å². The Morgan fingerprint density at radius 2 is 1.64 bits per heavy atom. The first-order valence-corrected chi connectivity index (χ1v) is 7.25. The van der Waals surface area contributed by atoms with Crippen molar-refractivity contribution < 1.29 is 0 Å². The number of thiol groups is 4. The minimum atomic E-state index is -0.0622. The number of hydrogen-bond donors (Lipinski definition) is 4. The molecule has 0 amide bonds. The molecule has 14 heavy (non-hydrogen) atoms. The molecule has 4 bridgehead atoms. The Labute approximate surface area is 108 Å². The van der Waals surface area contributed by atoms with E-state index in [4.69, 9.17) is 50.5 Å². The summed E-state index contributed by atoms with van der Waals surface area (Å²) in [7, 11) is 0. The van der Waals surface area contributed by atoms with Crippen LogP contribution < -0.4 is 0 Å². The minimum absolute atomic E-state index is 0.0622. The minimum Gasteiger partial charge on any atom is -0.175 e. The van der Waals surface area contributed by atoms with E-state index >= 15 is 0 Å². The number of hydrogen-bond acceptors (Lipinski definition) is 4. The van der Waals surface area contributed by atoms with Gasteiger partial charge in [-0.25, -0.2) is 0 Å². The lowest BCUT2D eigenvalue weighted by atomic mass is 9.55. The maximum Gasteiger partial charge on any atom is 0.0618 e. The third-order valence-corrected chi connectivity index (χ3v) is 7.56. The number of rotatable bonds is 0. The molecule has 0 nitrogen and oxygen atoms in total. The van der Waals surface area contributed by atoms with Crippen LogP contribution in [0.4, 0.5) is 0 Å². The van der Waals surface area contributed by atoms with Crippen molar-refractivity contribution in [1.29, 1.82) is 0 Å². The van der Waals surface area contributed by atoms with Crippen LogP contribution in [0.2, 0.25) is 0 Å². The molecule has 0 aromatic carbocycles. The van der Waals surface area contributed by atoms with Crippen molar-refractivity contribution in [3.8, 4) is 0 Å². The average molecular weight is 265 g/mol. The van der Waals surface area contributed by atoms with Crippen molar-refractivity contribution in [2.45, 2.75) is 33.8 Å². The van der Waals surface area contributed by atoms with Gasteiger partial charge < -0.3 is 0 Å². The quantitative estimate of drug-likeness (QED) is 0.375. The third kappa shape index (κ3) is 1.20. The van der Waals surface area contributed by atoms with Crippen molar-refractivity contribution in [1.82, 2.24) is 0 Å². The molecule has 4 rings (SSSR count). The van der Waals surface area contributed by atoms with Crippen molar-refractivity contribution >= 4 is 50.5 Å². The van der Waals surface area contributed by atoms with E-state index in [1.54, 1.807) is 0 Å². The molecule has 6 unspecified atom stereocenters. The molecule has 0 heterocycles. The smallest absolute Gasteiger partial charge is 0.0618 e. The molecule has 4 saturated carbocycles. The molecule has 0 aliphatic heterocycles. The maximum absolute atomic E-state index is 4.78. The second kappa shape index (κ2) is 3.21. The standard InChI is InChI=1S/C10H16S4/c11-8-4-1-5-3-6(8)9(12)7(2-4)10(5,13)14/h4-9,11-14H,1-3H2. The second-order valence-electron chi connectivity index (χ2n) is 5.20. The van der Waals surface area contributed by atoms with E-state index in [1.807, 2.05) is 0 Å². The second-order valence-corrected chi connectivity index (χ2v) is 8.22. The van der Waals surface area contributed by atoms with E-state index in [0.717, 1.165) is 5.92 Å². The summed E-state index contributed by atoms with van der Waals surface area (Å²) in [6.07, 6.45) is 3.76. The van der Waals surface area contributed by atoms with Gasteiger partial charge in [-0.05, 0) is 42.9 Å². The first-order valence-electron chi connectivity index (χ1n) is 5.32. The van der Waals surface area contributed by atoms with Crippen LogP contribution in [0.1, 0.15) is 19.3 Å². The lowest BCUT2D eigenvalue weighted by molar-refractivity contribution is 0.0318. The van der Waals surface area contributed by atoms with Crippen LogP contribution in [-0.2, 0) is 0 Å². The van der Waals surface area contributed by atoms with Gasteiger partial charge in [0.05, 0.1) is 4.08 Å². The van der Waals surface area contributed by atoms with Crippen LogP contribution in [0.5, 0.6) is 0 Å². The highest BCUT2D eigenvalue weighted by Crippen LogP contribution is 2.64. The van der Waals surface area contributed by atoms with Gasteiger partial charge in [-0.15, -0.1) is 0 Å². The van der Waals surface area contributed by atoms with Crippen LogP contribution >= 0.6 is 50.5 Å². The predicted molar refractivity (Wildman–Crippen MR) is 74.1 cm³/mol. The van der Waals surface area contributed by atoms with Crippen molar-refractivity contribution in [2.24, 2.45) is 23.7 Å². The van der Waals surface area contributed by atoms with Gasteiger partial charge in [0.15, 0.2) is 0 Å². The summed E-state index contributed by atoms with van der Waals surface area (Å²) in [5.41, 5.74) is 0. The highest BCUT2D eigenvalue weighted by atomic mass is 32.2. The molecule has 0 saturated heterocycles. The Morgan fingerprint density at radius 1 is 0.929 bits per heavy atom. The molecule has 0 aromatic heterocycles. The largest absolute Gasteiger partial charge is 0.175 e. The fourth-order valence-corrected chi connectivity index (χ4v) is 6.37. The molecule has 0 aromatic rings. The molecule has 0 spiro atoms. The topological polar surface area (TPSA) is 0 Å². The molecular weight excluding hydrogens is 248 g/mol. The fourth-order valence-electron chi connectivity index (χ4n) is 3.83. The normalized spacial score (nSPS) is 59.1. The van der Waals surface area contributed by atoms with E-state index in [9.17, 15) is 0 Å². The third-order valence-electron chi connectivity index (χ3n) is 4.62. The molecular formula is C10H16S4. The summed E-state index contributed by atoms with van der Waals surface area (Å²) >= 11 is 19.1. The van der Waals surface area contributed by atoms with Gasteiger partial charge in [-0.1, -0.05) is 0 Å². The molecule has 4 aliphatic rings. The van der Waals surface area contributed by atoms with E-state index in [-0.39, 0.29) is 4.08 Å². The lowest BCUT2D eigenvalue weighted by Gasteiger charge is -2.62. The van der Waals surface area contributed by atoms with Crippen LogP contribution in [0.15, 0.2) is 0 Å². The summed E-state index contributed by atoms with van der Waals surface area (Å²) in [6.45, 7) is 0. The predicted octanol–water partition coefficient (Wildman–Crippen LogP) is 2.82. The van der Waals surface area contributed by atoms with Gasteiger partial charge in [-0.3, -0.25) is 0 Å². The Kier molecular flexibility index (Phi) is 2.42. The maximum atomic E-state index is 4.78. The van der Waals surface area contributed by atoms with E-state index < -0.39 is 0 Å². The van der Waals surface area contributed by atoms with Gasteiger partial charge in [0.25, 0.3) is 0 Å². The molecule has 80 valence electrons. The Bertz CT molecular complexity index is 265. The van der Waals surface area contributed by atoms with Gasteiger partial charge in [0.2, 0.25) is 0 Å². The summed E-state index contributed by atoms with van der Waals surface area (Å²) in [5.74, 6) is 2.79. The van der Waals surface area contributed by atoms with Gasteiger partial charge in [0, 0.05) is 10.5 Å². The van der Waals surface area contributed by atoms with Gasteiger partial charge in [-0.2, -0.15) is 50.5 Å². The molecule has 0 N–H and O–H groups in total. The summed E-state index contributed by atoms with van der Waals surface area (Å²) < 4.78 is -0.0622. The highest BCUT2D eigenvalue weighted by molar-refractivity contribution is 8.00. The zero-order chi connectivity index (χ0) is 10.1. The van der Waals surface area contributed by atoms with E-state index in [2.05, 4.69) is 0 Å². The van der Waals surface area contributed by atoms with Gasteiger partial charge in [0.1, 0.15) is 0 Å². The molecule has 4 aliphatic carbocycles. The Hall–Kier alpha value is 1.40. The Morgan fingerprint density at radius 3 is 2.36 bits per heavy atom.